The lowest BCUT2D eigenvalue weighted by Crippen LogP contribution is -2.20. The van der Waals surface area contributed by atoms with Crippen molar-refractivity contribution in [3.05, 3.63) is 12.4 Å². The summed E-state index contributed by atoms with van der Waals surface area (Å²) in [5, 5.41) is 5.59. The molecule has 0 aliphatic heterocycles. The van der Waals surface area contributed by atoms with E-state index in [0.29, 0.717) is 0 Å². The van der Waals surface area contributed by atoms with E-state index in [9.17, 15) is 0 Å². The predicted molar refractivity (Wildman–Crippen MR) is 47.1 cm³/mol. The highest BCUT2D eigenvalue weighted by Gasteiger charge is 1.76. The van der Waals surface area contributed by atoms with E-state index in [1.165, 1.54) is 0 Å². The first-order chi connectivity index (χ1) is 4.81. The van der Waals surface area contributed by atoms with E-state index in [2.05, 4.69) is 22.2 Å². The number of hydrogen-bond donors (Lipinski definition) is 2. The summed E-state index contributed by atoms with van der Waals surface area (Å²) in [5.41, 5.74) is 0. The van der Waals surface area contributed by atoms with Gasteiger partial charge in [-0.2, -0.15) is 0 Å². The first-order valence-corrected chi connectivity index (χ1v) is 3.35. The van der Waals surface area contributed by atoms with Crippen molar-refractivity contribution in [1.29, 1.82) is 0 Å². The lowest BCUT2D eigenvalue weighted by Gasteiger charge is -1.99. The maximum Gasteiger partial charge on any atom is 0.0961 e. The molecule has 0 bridgehead atoms. The van der Waals surface area contributed by atoms with Crippen molar-refractivity contribution < 1.29 is 0 Å². The summed E-state index contributed by atoms with van der Waals surface area (Å²) in [4.78, 5) is 3.69. The van der Waals surface area contributed by atoms with Crippen molar-refractivity contribution in [3.63, 3.8) is 0 Å². The van der Waals surface area contributed by atoms with Gasteiger partial charge in [0.05, 0.1) is 12.2 Å². The van der Waals surface area contributed by atoms with Gasteiger partial charge < -0.3 is 10.6 Å². The van der Waals surface area contributed by atoms with E-state index < -0.39 is 0 Å². The lowest BCUT2D eigenvalue weighted by molar-refractivity contribution is 0.912. The first kappa shape index (κ1) is 11.8. The molecule has 0 rings (SSSR count). The number of nitrogens with one attached hydrogen (secondary N) is 2. The fourth-order valence-corrected chi connectivity index (χ4v) is 0.215. The van der Waals surface area contributed by atoms with Crippen LogP contribution in [0.1, 0.15) is 13.8 Å². The van der Waals surface area contributed by atoms with Crippen LogP contribution >= 0.6 is 0 Å². The highest BCUT2D eigenvalue weighted by atomic mass is 15.1. The molecule has 0 aliphatic carbocycles. The van der Waals surface area contributed by atoms with Gasteiger partial charge in [-0.05, 0) is 0 Å². The molecule has 0 aromatic carbocycles. The molecule has 2 N–H and O–H groups in total. The molecule has 0 unspecified atom stereocenters. The summed E-state index contributed by atoms with van der Waals surface area (Å²) in [6.45, 7) is 7.60. The van der Waals surface area contributed by atoms with Gasteiger partial charge in [-0.25, -0.2) is 0 Å². The molecule has 0 aromatic heterocycles. The fraction of sp³-hybridized carbons (Fsp3) is 0.571. The second-order valence-corrected chi connectivity index (χ2v) is 1.26. The zero-order valence-corrected chi connectivity index (χ0v) is 7.23. The fourth-order valence-electron chi connectivity index (χ4n) is 0.215. The first-order valence-electron chi connectivity index (χ1n) is 3.35. The Bertz CT molecular complexity index is 97.0. The quantitative estimate of drug-likeness (QED) is 0.456. The highest BCUT2D eigenvalue weighted by Crippen LogP contribution is 1.65. The Morgan fingerprint density at radius 1 is 1.50 bits per heavy atom. The van der Waals surface area contributed by atoms with E-state index >= 15 is 0 Å². The smallest absolute Gasteiger partial charge is 0.0961 e. The van der Waals surface area contributed by atoms with Gasteiger partial charge in [0.2, 0.25) is 0 Å². The van der Waals surface area contributed by atoms with Crippen LogP contribution < -0.4 is 10.6 Å². The third-order valence-electron chi connectivity index (χ3n) is 0.670. The van der Waals surface area contributed by atoms with Crippen LogP contribution in [0.3, 0.4) is 0 Å². The molecule has 0 aliphatic rings. The topological polar surface area (TPSA) is 36.4 Å². The molecule has 3 heteroatoms. The van der Waals surface area contributed by atoms with Crippen LogP contribution in [0, 0.1) is 0 Å². The minimum absolute atomic E-state index is 0.746. The maximum atomic E-state index is 3.69. The predicted octanol–water partition coefficient (Wildman–Crippen LogP) is 0.951. The van der Waals surface area contributed by atoms with E-state index in [1.54, 1.807) is 20.4 Å². The summed E-state index contributed by atoms with van der Waals surface area (Å²) in [6, 6.07) is 0. The molecule has 3 nitrogen and oxygen atoms in total. The van der Waals surface area contributed by atoms with Crippen molar-refractivity contribution >= 4 is 6.34 Å². The van der Waals surface area contributed by atoms with E-state index in [0.717, 1.165) is 5.82 Å². The minimum Gasteiger partial charge on any atom is -0.375 e. The molecule has 0 atom stereocenters. The second kappa shape index (κ2) is 10.9. The van der Waals surface area contributed by atoms with Crippen molar-refractivity contribution in [3.8, 4) is 0 Å². The molecular weight excluding hydrogens is 126 g/mol. The normalized spacial score (nSPS) is 8.00. The summed E-state index contributed by atoms with van der Waals surface area (Å²) < 4.78 is 0. The zero-order chi connectivity index (χ0) is 8.41. The van der Waals surface area contributed by atoms with E-state index in [1.807, 2.05) is 13.8 Å². The van der Waals surface area contributed by atoms with Gasteiger partial charge in [0, 0.05) is 14.1 Å². The Kier molecular flexibility index (Phi) is 12.8. The van der Waals surface area contributed by atoms with Crippen molar-refractivity contribution in [2.75, 3.05) is 14.1 Å². The minimum atomic E-state index is 0.746. The van der Waals surface area contributed by atoms with Gasteiger partial charge in [0.1, 0.15) is 0 Å². The van der Waals surface area contributed by atoms with Crippen LogP contribution in [0.5, 0.6) is 0 Å². The molecule has 10 heavy (non-hydrogen) atoms. The molecular formula is C7H17N3. The second-order valence-electron chi connectivity index (χ2n) is 1.26. The van der Waals surface area contributed by atoms with Crippen LogP contribution in [0.15, 0.2) is 17.4 Å². The Labute approximate surface area is 63.2 Å². The average molecular weight is 143 g/mol. The summed E-state index contributed by atoms with van der Waals surface area (Å²) in [5.74, 6) is 0.746. The standard InChI is InChI=1S/C5H11N3.C2H6/c1-5(7-3)8-4-6-2;1-2/h4,7H,1H2,2-3H3,(H,6,8);1-2H3. The van der Waals surface area contributed by atoms with Crippen LogP contribution in [-0.4, -0.2) is 20.4 Å². The molecule has 0 radical (unpaired) electrons. The Balaban J connectivity index is 0. The van der Waals surface area contributed by atoms with E-state index in [-0.39, 0.29) is 0 Å². The van der Waals surface area contributed by atoms with Gasteiger partial charge in [-0.1, -0.05) is 20.4 Å². The van der Waals surface area contributed by atoms with Gasteiger partial charge in [0.15, 0.2) is 0 Å². The largest absolute Gasteiger partial charge is 0.375 e. The van der Waals surface area contributed by atoms with Crippen molar-refractivity contribution in [2.45, 2.75) is 13.8 Å². The van der Waals surface area contributed by atoms with Gasteiger partial charge in [-0.3, -0.25) is 4.99 Å². The lowest BCUT2D eigenvalue weighted by atomic mass is 10.8. The van der Waals surface area contributed by atoms with E-state index in [4.69, 9.17) is 0 Å². The summed E-state index contributed by atoms with van der Waals surface area (Å²) in [7, 11) is 3.48. The van der Waals surface area contributed by atoms with Crippen LogP contribution in [0.2, 0.25) is 0 Å². The zero-order valence-electron chi connectivity index (χ0n) is 7.23. The summed E-state index contributed by atoms with van der Waals surface area (Å²) in [6.07, 6.45) is 1.57. The number of hydrogen-bond acceptors (Lipinski definition) is 2. The average Bonchev–Trinajstić information content (AvgIpc) is 2.04. The van der Waals surface area contributed by atoms with Crippen LogP contribution in [-0.2, 0) is 0 Å². The molecule has 0 fully saturated rings. The maximum absolute atomic E-state index is 3.69. The SMILES string of the molecule is C=C(NC)NC=NC.CC. The van der Waals surface area contributed by atoms with Crippen molar-refractivity contribution in [1.82, 2.24) is 10.6 Å². The molecule has 0 saturated heterocycles. The van der Waals surface area contributed by atoms with Crippen molar-refractivity contribution in [2.24, 2.45) is 4.99 Å². The molecule has 0 spiro atoms. The number of rotatable bonds is 3. The Morgan fingerprint density at radius 2 is 2.00 bits per heavy atom. The number of nitrogens with zero attached hydrogens (tertiary/aromatic N) is 1. The Hall–Kier alpha value is -0.990. The van der Waals surface area contributed by atoms with Gasteiger partial charge >= 0.3 is 0 Å². The third-order valence-corrected chi connectivity index (χ3v) is 0.670. The Morgan fingerprint density at radius 3 is 2.30 bits per heavy atom. The molecule has 0 aromatic rings. The van der Waals surface area contributed by atoms with Gasteiger partial charge in [0.25, 0.3) is 0 Å². The monoisotopic (exact) mass is 143 g/mol. The highest BCUT2D eigenvalue weighted by molar-refractivity contribution is 5.56. The molecule has 60 valence electrons. The number of aliphatic imine (C=N–C) groups is 1. The van der Waals surface area contributed by atoms with Gasteiger partial charge in [-0.15, -0.1) is 0 Å². The van der Waals surface area contributed by atoms with Crippen LogP contribution in [0.4, 0.5) is 0 Å². The van der Waals surface area contributed by atoms with Crippen LogP contribution in [0.25, 0.3) is 0 Å². The third kappa shape index (κ3) is 10.1. The molecule has 0 heterocycles. The molecule has 0 saturated carbocycles. The molecule has 0 amide bonds. The summed E-state index contributed by atoms with van der Waals surface area (Å²) >= 11 is 0.